The van der Waals surface area contributed by atoms with Crippen molar-refractivity contribution in [3.8, 4) is 11.5 Å². The fourth-order valence-electron chi connectivity index (χ4n) is 1.82. The summed E-state index contributed by atoms with van der Waals surface area (Å²) in [4.78, 5) is 4.32. The van der Waals surface area contributed by atoms with Gasteiger partial charge in [0.05, 0.1) is 12.6 Å². The van der Waals surface area contributed by atoms with Gasteiger partial charge in [0.25, 0.3) is 0 Å². The van der Waals surface area contributed by atoms with E-state index in [0.717, 1.165) is 11.3 Å². The van der Waals surface area contributed by atoms with Gasteiger partial charge in [0, 0.05) is 16.8 Å². The van der Waals surface area contributed by atoms with E-state index in [1.165, 1.54) is 0 Å². The number of nitrogens with zero attached hydrogens (tertiary/aromatic N) is 1. The van der Waals surface area contributed by atoms with Crippen LogP contribution in [0, 0.1) is 0 Å². The fourth-order valence-corrected chi connectivity index (χ4v) is 2.00. The van der Waals surface area contributed by atoms with Crippen LogP contribution in [0.3, 0.4) is 0 Å². The standard InChI is InChI=1S/C17H18ClNO2/c1-12(2)21-16-6-3-13(4-7-16)10-19-11-14-9-15(18)5-8-17(14)20/h3-9,11-12,20H,10H2,1-2H3. The summed E-state index contributed by atoms with van der Waals surface area (Å²) in [5.74, 6) is 1.02. The number of phenolic OH excluding ortho intramolecular Hbond substituents is 1. The molecule has 0 saturated carbocycles. The molecule has 110 valence electrons. The van der Waals surface area contributed by atoms with E-state index in [9.17, 15) is 5.11 Å². The summed E-state index contributed by atoms with van der Waals surface area (Å²) in [5, 5.41) is 10.3. The topological polar surface area (TPSA) is 41.8 Å². The Kier molecular flexibility index (Phi) is 5.23. The molecule has 0 amide bonds. The van der Waals surface area contributed by atoms with Crippen molar-refractivity contribution in [3.63, 3.8) is 0 Å². The second kappa shape index (κ2) is 7.14. The van der Waals surface area contributed by atoms with Gasteiger partial charge in [-0.3, -0.25) is 4.99 Å². The Bertz CT molecular complexity index is 621. The maximum absolute atomic E-state index is 9.69. The van der Waals surface area contributed by atoms with Gasteiger partial charge >= 0.3 is 0 Å². The lowest BCUT2D eigenvalue weighted by Crippen LogP contribution is -2.05. The minimum atomic E-state index is 0.166. The number of benzene rings is 2. The van der Waals surface area contributed by atoms with Crippen molar-refractivity contribution in [2.24, 2.45) is 4.99 Å². The highest BCUT2D eigenvalue weighted by Gasteiger charge is 2.00. The molecule has 1 N–H and O–H groups in total. The highest BCUT2D eigenvalue weighted by molar-refractivity contribution is 6.30. The van der Waals surface area contributed by atoms with Crippen molar-refractivity contribution >= 4 is 17.8 Å². The number of aromatic hydroxyl groups is 1. The lowest BCUT2D eigenvalue weighted by Gasteiger charge is -2.09. The van der Waals surface area contributed by atoms with Gasteiger partial charge in [0.15, 0.2) is 0 Å². The van der Waals surface area contributed by atoms with Gasteiger partial charge in [0.2, 0.25) is 0 Å². The van der Waals surface area contributed by atoms with Crippen molar-refractivity contribution in [3.05, 3.63) is 58.6 Å². The molecular formula is C17H18ClNO2. The first kappa shape index (κ1) is 15.4. The first-order valence-corrected chi connectivity index (χ1v) is 7.16. The van der Waals surface area contributed by atoms with Gasteiger partial charge in [-0.1, -0.05) is 23.7 Å². The van der Waals surface area contributed by atoms with Crippen LogP contribution in [0.4, 0.5) is 0 Å². The summed E-state index contributed by atoms with van der Waals surface area (Å²) >= 11 is 5.88. The molecule has 0 unspecified atom stereocenters. The molecule has 0 spiro atoms. The lowest BCUT2D eigenvalue weighted by molar-refractivity contribution is 0.242. The molecule has 0 aliphatic rings. The van der Waals surface area contributed by atoms with E-state index in [2.05, 4.69) is 4.99 Å². The van der Waals surface area contributed by atoms with Crippen LogP contribution < -0.4 is 4.74 Å². The van der Waals surface area contributed by atoms with Gasteiger partial charge in [-0.2, -0.15) is 0 Å². The average Bonchev–Trinajstić information content (AvgIpc) is 2.44. The summed E-state index contributed by atoms with van der Waals surface area (Å²) in [7, 11) is 0. The van der Waals surface area contributed by atoms with Crippen molar-refractivity contribution in [2.45, 2.75) is 26.5 Å². The fraction of sp³-hybridized carbons (Fsp3) is 0.235. The van der Waals surface area contributed by atoms with E-state index in [1.807, 2.05) is 38.1 Å². The van der Waals surface area contributed by atoms with E-state index >= 15 is 0 Å². The molecule has 2 aromatic rings. The molecule has 0 saturated heterocycles. The maximum Gasteiger partial charge on any atom is 0.124 e. The predicted molar refractivity (Wildman–Crippen MR) is 86.6 cm³/mol. The second-order valence-electron chi connectivity index (χ2n) is 4.98. The van der Waals surface area contributed by atoms with E-state index in [1.54, 1.807) is 24.4 Å². The van der Waals surface area contributed by atoms with E-state index in [-0.39, 0.29) is 11.9 Å². The Morgan fingerprint density at radius 3 is 2.57 bits per heavy atom. The highest BCUT2D eigenvalue weighted by atomic mass is 35.5. The molecule has 3 nitrogen and oxygen atoms in total. The van der Waals surface area contributed by atoms with Gasteiger partial charge < -0.3 is 9.84 Å². The first-order valence-electron chi connectivity index (χ1n) is 6.78. The Hall–Kier alpha value is -2.00. The number of hydrogen-bond donors (Lipinski definition) is 1. The van der Waals surface area contributed by atoms with Gasteiger partial charge in [-0.25, -0.2) is 0 Å². The van der Waals surface area contributed by atoms with Gasteiger partial charge in [0.1, 0.15) is 11.5 Å². The molecule has 21 heavy (non-hydrogen) atoms. The molecule has 0 aliphatic carbocycles. The van der Waals surface area contributed by atoms with Crippen LogP contribution in [-0.2, 0) is 6.54 Å². The molecule has 0 bridgehead atoms. The van der Waals surface area contributed by atoms with Crippen LogP contribution in [0.5, 0.6) is 11.5 Å². The lowest BCUT2D eigenvalue weighted by atomic mass is 10.2. The Morgan fingerprint density at radius 1 is 1.19 bits per heavy atom. The molecule has 0 radical (unpaired) electrons. The number of rotatable bonds is 5. The molecule has 4 heteroatoms. The average molecular weight is 304 g/mol. The first-order chi connectivity index (χ1) is 10.0. The smallest absolute Gasteiger partial charge is 0.124 e. The monoisotopic (exact) mass is 303 g/mol. The van der Waals surface area contributed by atoms with E-state index in [4.69, 9.17) is 16.3 Å². The summed E-state index contributed by atoms with van der Waals surface area (Å²) in [6, 6.07) is 12.7. The normalized spacial score (nSPS) is 11.2. The van der Waals surface area contributed by atoms with Crippen molar-refractivity contribution in [1.82, 2.24) is 0 Å². The predicted octanol–water partition coefficient (Wildman–Crippen LogP) is 4.45. The largest absolute Gasteiger partial charge is 0.507 e. The number of hydrogen-bond acceptors (Lipinski definition) is 3. The maximum atomic E-state index is 9.69. The molecule has 0 atom stereocenters. The zero-order valence-corrected chi connectivity index (χ0v) is 12.8. The molecule has 0 aliphatic heterocycles. The van der Waals surface area contributed by atoms with Gasteiger partial charge in [-0.15, -0.1) is 0 Å². The minimum Gasteiger partial charge on any atom is -0.507 e. The number of halogens is 1. The van der Waals surface area contributed by atoms with Gasteiger partial charge in [-0.05, 0) is 49.7 Å². The quantitative estimate of drug-likeness (QED) is 0.829. The molecule has 0 aromatic heterocycles. The third kappa shape index (κ3) is 4.80. The van der Waals surface area contributed by atoms with Crippen LogP contribution in [0.2, 0.25) is 5.02 Å². The van der Waals surface area contributed by atoms with Crippen LogP contribution in [0.1, 0.15) is 25.0 Å². The summed E-state index contributed by atoms with van der Waals surface area (Å²) < 4.78 is 5.59. The summed E-state index contributed by atoms with van der Waals surface area (Å²) in [6.45, 7) is 4.53. The second-order valence-corrected chi connectivity index (χ2v) is 5.42. The number of ether oxygens (including phenoxy) is 1. The Balaban J connectivity index is 1.99. The molecule has 0 fully saturated rings. The minimum absolute atomic E-state index is 0.166. The van der Waals surface area contributed by atoms with Crippen LogP contribution >= 0.6 is 11.6 Å². The van der Waals surface area contributed by atoms with Crippen LogP contribution in [0.25, 0.3) is 0 Å². The van der Waals surface area contributed by atoms with E-state index in [0.29, 0.717) is 17.1 Å². The number of phenols is 1. The Morgan fingerprint density at radius 2 is 1.90 bits per heavy atom. The SMILES string of the molecule is CC(C)Oc1ccc(CN=Cc2cc(Cl)ccc2O)cc1. The molecule has 2 rings (SSSR count). The van der Waals surface area contributed by atoms with Crippen LogP contribution in [0.15, 0.2) is 47.5 Å². The van der Waals surface area contributed by atoms with Crippen molar-refractivity contribution < 1.29 is 9.84 Å². The third-order valence-corrected chi connectivity index (χ3v) is 3.02. The molecular weight excluding hydrogens is 286 g/mol. The summed E-state index contributed by atoms with van der Waals surface area (Å²) in [5.41, 5.74) is 1.69. The van der Waals surface area contributed by atoms with Crippen LogP contribution in [-0.4, -0.2) is 17.4 Å². The van der Waals surface area contributed by atoms with E-state index < -0.39 is 0 Å². The third-order valence-electron chi connectivity index (χ3n) is 2.79. The zero-order valence-electron chi connectivity index (χ0n) is 12.1. The Labute approximate surface area is 129 Å². The highest BCUT2D eigenvalue weighted by Crippen LogP contribution is 2.20. The van der Waals surface area contributed by atoms with Crippen molar-refractivity contribution in [2.75, 3.05) is 0 Å². The molecule has 2 aromatic carbocycles. The zero-order chi connectivity index (χ0) is 15.2. The summed E-state index contributed by atoms with van der Waals surface area (Å²) in [6.07, 6.45) is 1.79. The number of aliphatic imine (C=N–C) groups is 1. The molecule has 0 heterocycles. The van der Waals surface area contributed by atoms with Crippen molar-refractivity contribution in [1.29, 1.82) is 0 Å².